The lowest BCUT2D eigenvalue weighted by atomic mass is 10.1. The first-order chi connectivity index (χ1) is 16.1. The Bertz CT molecular complexity index is 775. The molecule has 0 N–H and O–H groups in total. The van der Waals surface area contributed by atoms with Gasteiger partial charge in [0.05, 0.1) is 12.7 Å². The molecule has 182 valence electrons. The lowest BCUT2D eigenvalue weighted by Crippen LogP contribution is -2.15. The average Bonchev–Trinajstić information content (AvgIpc) is 2.83. The minimum atomic E-state index is -0.0986. The normalized spacial score (nSPS) is 11.8. The van der Waals surface area contributed by atoms with Crippen LogP contribution < -0.4 is 4.74 Å². The minimum absolute atomic E-state index is 0.0680. The van der Waals surface area contributed by atoms with Gasteiger partial charge in [0.25, 0.3) is 0 Å². The van der Waals surface area contributed by atoms with Crippen molar-refractivity contribution < 1.29 is 14.3 Å². The predicted octanol–water partition coefficient (Wildman–Crippen LogP) is 7.33. The molecule has 0 amide bonds. The van der Waals surface area contributed by atoms with Crippen LogP contribution in [0.5, 0.6) is 5.75 Å². The van der Waals surface area contributed by atoms with E-state index in [2.05, 4.69) is 23.8 Å². The molecule has 5 heteroatoms. The summed E-state index contributed by atoms with van der Waals surface area (Å²) < 4.78 is 11.2. The number of carbonyl (C=O) groups is 1. The quantitative estimate of drug-likeness (QED) is 0.185. The molecule has 5 nitrogen and oxygen atoms in total. The van der Waals surface area contributed by atoms with Crippen LogP contribution in [-0.4, -0.2) is 28.6 Å². The largest absolute Gasteiger partial charge is 0.494 e. The molecule has 1 aromatic carbocycles. The summed E-state index contributed by atoms with van der Waals surface area (Å²) in [6, 6.07) is 7.90. The molecule has 1 unspecified atom stereocenters. The number of ether oxygens (including phenoxy) is 2. The summed E-state index contributed by atoms with van der Waals surface area (Å²) >= 11 is 0. The van der Waals surface area contributed by atoms with Gasteiger partial charge in [-0.25, -0.2) is 9.97 Å². The maximum atomic E-state index is 11.7. The van der Waals surface area contributed by atoms with Crippen molar-refractivity contribution >= 4 is 5.97 Å². The molecule has 1 aromatic heterocycles. The number of hydrogen-bond acceptors (Lipinski definition) is 5. The molecule has 0 aliphatic carbocycles. The van der Waals surface area contributed by atoms with Gasteiger partial charge in [0.1, 0.15) is 5.75 Å². The zero-order valence-electron chi connectivity index (χ0n) is 20.9. The summed E-state index contributed by atoms with van der Waals surface area (Å²) in [6.07, 6.45) is 16.7. The van der Waals surface area contributed by atoms with E-state index in [0.717, 1.165) is 49.2 Å². The Morgan fingerprint density at radius 3 is 2.24 bits per heavy atom. The van der Waals surface area contributed by atoms with Gasteiger partial charge in [0, 0.05) is 24.4 Å². The van der Waals surface area contributed by atoms with E-state index in [4.69, 9.17) is 9.47 Å². The summed E-state index contributed by atoms with van der Waals surface area (Å²) in [5.74, 6) is 1.47. The zero-order valence-corrected chi connectivity index (χ0v) is 20.9. The van der Waals surface area contributed by atoms with Crippen LogP contribution in [0.2, 0.25) is 0 Å². The fourth-order valence-corrected chi connectivity index (χ4v) is 3.67. The van der Waals surface area contributed by atoms with Gasteiger partial charge in [-0.15, -0.1) is 0 Å². The monoisotopic (exact) mass is 454 g/mol. The van der Waals surface area contributed by atoms with Crippen molar-refractivity contribution in [1.82, 2.24) is 9.97 Å². The molecular weight excluding hydrogens is 412 g/mol. The highest BCUT2D eigenvalue weighted by atomic mass is 16.5. The van der Waals surface area contributed by atoms with Crippen molar-refractivity contribution in [2.24, 2.45) is 0 Å². The molecule has 33 heavy (non-hydrogen) atoms. The molecule has 0 aliphatic rings. The number of aryl methyl sites for hydroxylation is 1. The lowest BCUT2D eigenvalue weighted by Gasteiger charge is -2.13. The van der Waals surface area contributed by atoms with Gasteiger partial charge in [-0.2, -0.15) is 0 Å². The predicted molar refractivity (Wildman–Crippen MR) is 134 cm³/mol. The Morgan fingerprint density at radius 1 is 0.879 bits per heavy atom. The van der Waals surface area contributed by atoms with Crippen LogP contribution in [0.3, 0.4) is 0 Å². The van der Waals surface area contributed by atoms with Crippen LogP contribution in [-0.2, 0) is 16.0 Å². The second-order valence-electron chi connectivity index (χ2n) is 8.85. The molecule has 1 heterocycles. The standard InChI is InChI=1S/C28H42N2O3/c1-4-6-8-9-10-11-14-24-21-29-28(30-22-24)25-16-18-26(19-17-25)32-20-12-13-23(3)33-27(31)15-7-5-2/h16-19,21-23H,4-15,20H2,1-3H3. The van der Waals surface area contributed by atoms with Gasteiger partial charge in [-0.1, -0.05) is 52.4 Å². The fourth-order valence-electron chi connectivity index (χ4n) is 3.67. The van der Waals surface area contributed by atoms with Gasteiger partial charge in [-0.3, -0.25) is 4.79 Å². The van der Waals surface area contributed by atoms with Crippen molar-refractivity contribution in [3.63, 3.8) is 0 Å². The van der Waals surface area contributed by atoms with Crippen LogP contribution in [0.15, 0.2) is 36.7 Å². The Morgan fingerprint density at radius 2 is 1.55 bits per heavy atom. The average molecular weight is 455 g/mol. The SMILES string of the molecule is CCCCCCCCc1cnc(-c2ccc(OCCCC(C)OC(=O)CCCC)cc2)nc1. The van der Waals surface area contributed by atoms with Gasteiger partial charge in [0.2, 0.25) is 0 Å². The van der Waals surface area contributed by atoms with Crippen molar-refractivity contribution in [2.75, 3.05) is 6.61 Å². The van der Waals surface area contributed by atoms with Crippen molar-refractivity contribution in [3.8, 4) is 17.1 Å². The van der Waals surface area contributed by atoms with E-state index in [1.165, 1.54) is 44.1 Å². The fraction of sp³-hybridized carbons (Fsp3) is 0.607. The highest BCUT2D eigenvalue weighted by Gasteiger charge is 2.09. The van der Waals surface area contributed by atoms with Crippen LogP contribution in [0.1, 0.15) is 97.0 Å². The molecule has 2 aromatic rings. The zero-order chi connectivity index (χ0) is 23.7. The lowest BCUT2D eigenvalue weighted by molar-refractivity contribution is -0.148. The maximum Gasteiger partial charge on any atom is 0.306 e. The number of rotatable bonds is 17. The van der Waals surface area contributed by atoms with E-state index < -0.39 is 0 Å². The number of carbonyl (C=O) groups excluding carboxylic acids is 1. The van der Waals surface area contributed by atoms with Crippen molar-refractivity contribution in [3.05, 3.63) is 42.2 Å². The van der Waals surface area contributed by atoms with E-state index in [9.17, 15) is 4.79 Å². The van der Waals surface area contributed by atoms with Gasteiger partial charge >= 0.3 is 5.97 Å². The molecule has 0 fully saturated rings. The van der Waals surface area contributed by atoms with Gasteiger partial charge < -0.3 is 9.47 Å². The maximum absolute atomic E-state index is 11.7. The second kappa shape index (κ2) is 16.2. The molecule has 2 rings (SSSR count). The molecule has 0 saturated carbocycles. The third kappa shape index (κ3) is 11.3. The number of aromatic nitrogens is 2. The first-order valence-corrected chi connectivity index (χ1v) is 12.9. The smallest absolute Gasteiger partial charge is 0.306 e. The van der Waals surface area contributed by atoms with Gasteiger partial charge in [-0.05, 0) is 68.9 Å². The second-order valence-corrected chi connectivity index (χ2v) is 8.85. The number of benzene rings is 1. The topological polar surface area (TPSA) is 61.3 Å². The first-order valence-electron chi connectivity index (χ1n) is 12.9. The van der Waals surface area contributed by atoms with E-state index in [1.807, 2.05) is 43.6 Å². The Kier molecular flexibility index (Phi) is 13.2. The summed E-state index contributed by atoms with van der Waals surface area (Å²) in [5, 5.41) is 0. The van der Waals surface area contributed by atoms with E-state index in [-0.39, 0.29) is 12.1 Å². The number of hydrogen-bond donors (Lipinski definition) is 0. The third-order valence-electron chi connectivity index (χ3n) is 5.73. The summed E-state index contributed by atoms with van der Waals surface area (Å²) in [7, 11) is 0. The van der Waals surface area contributed by atoms with Crippen molar-refractivity contribution in [2.45, 2.75) is 104 Å². The van der Waals surface area contributed by atoms with Crippen molar-refractivity contribution in [1.29, 1.82) is 0 Å². The van der Waals surface area contributed by atoms with E-state index >= 15 is 0 Å². The summed E-state index contributed by atoms with van der Waals surface area (Å²) in [6.45, 7) is 6.86. The van der Waals surface area contributed by atoms with E-state index in [1.54, 1.807) is 0 Å². The number of esters is 1. The summed E-state index contributed by atoms with van der Waals surface area (Å²) in [5.41, 5.74) is 2.19. The number of unbranched alkanes of at least 4 members (excludes halogenated alkanes) is 6. The number of nitrogens with zero attached hydrogens (tertiary/aromatic N) is 2. The molecule has 0 bridgehead atoms. The highest BCUT2D eigenvalue weighted by Crippen LogP contribution is 2.20. The Balaban J connectivity index is 1.67. The molecule has 0 aliphatic heterocycles. The molecule has 1 atom stereocenters. The van der Waals surface area contributed by atoms with Gasteiger partial charge in [0.15, 0.2) is 5.82 Å². The summed E-state index contributed by atoms with van der Waals surface area (Å²) in [4.78, 5) is 20.8. The minimum Gasteiger partial charge on any atom is -0.494 e. The molecule has 0 saturated heterocycles. The Hall–Kier alpha value is -2.43. The van der Waals surface area contributed by atoms with Crippen LogP contribution >= 0.6 is 0 Å². The Labute approximate surface area is 200 Å². The van der Waals surface area contributed by atoms with Crippen LogP contribution in [0.25, 0.3) is 11.4 Å². The first kappa shape index (κ1) is 26.8. The van der Waals surface area contributed by atoms with Crippen LogP contribution in [0.4, 0.5) is 0 Å². The molecule has 0 spiro atoms. The molecule has 0 radical (unpaired) electrons. The van der Waals surface area contributed by atoms with E-state index in [0.29, 0.717) is 13.0 Å². The molecular formula is C28H42N2O3. The third-order valence-corrected chi connectivity index (χ3v) is 5.73. The highest BCUT2D eigenvalue weighted by molar-refractivity contribution is 5.69. The van der Waals surface area contributed by atoms with Crippen LogP contribution in [0, 0.1) is 0 Å².